The number of benzene rings is 15. The fourth-order valence-corrected chi connectivity index (χ4v) is 17.0. The molecule has 0 atom stereocenters. The molecule has 0 unspecified atom stereocenters. The predicted molar refractivity (Wildman–Crippen MR) is 409 cm³/mol. The molecule has 8 heteroatoms. The zero-order valence-corrected chi connectivity index (χ0v) is 53.1. The summed E-state index contributed by atoms with van der Waals surface area (Å²) in [5.74, 6) is 3.13. The fourth-order valence-electron chi connectivity index (χ4n) is 17.0. The van der Waals surface area contributed by atoms with Gasteiger partial charge in [0.2, 0.25) is 0 Å². The first kappa shape index (κ1) is 54.6. The molecule has 0 N–H and O–H groups in total. The zero-order valence-electron chi connectivity index (χ0n) is 53.1. The zero-order chi connectivity index (χ0) is 64.1. The minimum absolute atomic E-state index is 0.252. The first-order chi connectivity index (χ1) is 48.7. The van der Waals surface area contributed by atoms with Crippen molar-refractivity contribution in [2.24, 2.45) is 0 Å². The molecule has 454 valence electrons. The molecular weight excluding hydrogens is 1190 g/mol. The maximum absolute atomic E-state index is 7.78. The van der Waals surface area contributed by atoms with Crippen LogP contribution in [0.4, 0.5) is 34.1 Å². The number of hydrogen-bond acceptors (Lipinski definition) is 4. The molecule has 0 spiro atoms. The van der Waals surface area contributed by atoms with Gasteiger partial charge in [-0.2, -0.15) is 0 Å². The summed E-state index contributed by atoms with van der Waals surface area (Å²) in [6, 6.07) is 125. The van der Waals surface area contributed by atoms with Gasteiger partial charge in [-0.05, 0) is 104 Å². The summed E-state index contributed by atoms with van der Waals surface area (Å²) >= 11 is 0. The highest BCUT2D eigenvalue weighted by Gasteiger charge is 2.48. The average Bonchev–Trinajstić information content (AvgIpc) is 0.747. The van der Waals surface area contributed by atoms with Crippen molar-refractivity contribution >= 4 is 124 Å². The Balaban J connectivity index is 0.837. The minimum atomic E-state index is -0.252. The second-order valence-electron chi connectivity index (χ2n) is 26.1. The van der Waals surface area contributed by atoms with Gasteiger partial charge in [-0.15, -0.1) is 0 Å². The van der Waals surface area contributed by atoms with E-state index >= 15 is 0 Å². The van der Waals surface area contributed by atoms with Gasteiger partial charge >= 0.3 is 0 Å². The minimum Gasteiger partial charge on any atom is -0.458 e. The molecule has 4 aliphatic heterocycles. The number of para-hydroxylation sites is 8. The molecule has 0 aliphatic carbocycles. The number of hydrogen-bond donors (Lipinski definition) is 0. The van der Waals surface area contributed by atoms with E-state index in [2.05, 4.69) is 359 Å². The molecular formula is C90H56B2N4O2. The van der Waals surface area contributed by atoms with Gasteiger partial charge in [0.1, 0.15) is 23.0 Å². The van der Waals surface area contributed by atoms with Crippen LogP contribution in [0.5, 0.6) is 23.0 Å². The maximum atomic E-state index is 7.78. The first-order valence-corrected chi connectivity index (χ1v) is 33.8. The van der Waals surface area contributed by atoms with E-state index < -0.39 is 0 Å². The van der Waals surface area contributed by atoms with Crippen LogP contribution in [0, 0.1) is 0 Å². The van der Waals surface area contributed by atoms with Gasteiger partial charge in [0.05, 0.1) is 44.8 Å². The summed E-state index contributed by atoms with van der Waals surface area (Å²) in [6.45, 7) is -0.504. The van der Waals surface area contributed by atoms with Crippen molar-refractivity contribution in [1.29, 1.82) is 0 Å². The van der Waals surface area contributed by atoms with Crippen LogP contribution < -0.4 is 52.1 Å². The van der Waals surface area contributed by atoms with E-state index in [0.29, 0.717) is 0 Å². The Labute approximate surface area is 567 Å². The molecule has 98 heavy (non-hydrogen) atoms. The van der Waals surface area contributed by atoms with E-state index in [1.165, 1.54) is 32.5 Å². The number of fused-ring (bicyclic) bond motifs is 14. The summed E-state index contributed by atoms with van der Waals surface area (Å²) in [7, 11) is 0. The molecule has 2 aromatic heterocycles. The average molecular weight is 1250 g/mol. The molecule has 0 fully saturated rings. The Morgan fingerprint density at radius 2 is 0.531 bits per heavy atom. The third kappa shape index (κ3) is 8.00. The van der Waals surface area contributed by atoms with Crippen molar-refractivity contribution in [2.45, 2.75) is 0 Å². The second-order valence-corrected chi connectivity index (χ2v) is 26.1. The summed E-state index contributed by atoms with van der Waals surface area (Å²) in [4.78, 5) is 5.12. The van der Waals surface area contributed by atoms with Crippen molar-refractivity contribution in [3.8, 4) is 78.9 Å². The Morgan fingerprint density at radius 1 is 0.224 bits per heavy atom. The molecule has 0 bridgehead atoms. The molecule has 15 aromatic carbocycles. The van der Waals surface area contributed by atoms with Crippen LogP contribution in [0.15, 0.2) is 340 Å². The van der Waals surface area contributed by atoms with Crippen LogP contribution in [0.2, 0.25) is 0 Å². The smallest absolute Gasteiger partial charge is 0.256 e. The molecule has 21 rings (SSSR count). The van der Waals surface area contributed by atoms with Crippen molar-refractivity contribution in [1.82, 2.24) is 9.13 Å². The number of ether oxygens (including phenoxy) is 2. The first-order valence-electron chi connectivity index (χ1n) is 33.8. The summed E-state index contributed by atoms with van der Waals surface area (Å²) < 4.78 is 20.4. The summed E-state index contributed by atoms with van der Waals surface area (Å²) in [6.07, 6.45) is 0. The predicted octanol–water partition coefficient (Wildman–Crippen LogP) is 19.4. The Hall–Kier alpha value is -12.8. The highest BCUT2D eigenvalue weighted by atomic mass is 16.5. The lowest BCUT2D eigenvalue weighted by Gasteiger charge is -2.43. The monoisotopic (exact) mass is 1250 g/mol. The summed E-state index contributed by atoms with van der Waals surface area (Å²) in [5.41, 5.74) is 28.8. The van der Waals surface area contributed by atoms with Crippen molar-refractivity contribution in [3.05, 3.63) is 340 Å². The number of rotatable bonds is 8. The van der Waals surface area contributed by atoms with Gasteiger partial charge in [-0.25, -0.2) is 0 Å². The largest absolute Gasteiger partial charge is 0.458 e. The molecule has 6 nitrogen and oxygen atoms in total. The van der Waals surface area contributed by atoms with Crippen molar-refractivity contribution in [3.63, 3.8) is 0 Å². The maximum Gasteiger partial charge on any atom is 0.256 e. The third-order valence-corrected chi connectivity index (χ3v) is 21.0. The standard InChI is InChI=1S/C90H56B2N4O2/c1-5-27-57(28-6-1)63-39-25-40-64(58-29-7-2-8-30-58)89(63)95-79-49-23-17-43-71(79)91-73-55-74-84(56-83(73)97-85-53-61(51-81(95)87(85)91)93-75-45-19-13-35-67(75)68-36-14-20-46-76(68)93)98-86-54-62(94-77-47-21-15-37-69(77)70-38-16-22-48-78(70)94)52-82-88(86)92(74)72-44-18-24-50-80(72)96(82)90-65(59-31-9-3-10-32-59)41-26-42-66(90)60-33-11-4-12-34-60/h1-56H. The van der Waals surface area contributed by atoms with E-state index in [4.69, 9.17) is 9.47 Å². The van der Waals surface area contributed by atoms with Crippen molar-refractivity contribution < 1.29 is 9.47 Å². The number of aromatic nitrogens is 2. The molecule has 17 aromatic rings. The van der Waals surface area contributed by atoms with Crippen LogP contribution in [-0.2, 0) is 0 Å². The normalized spacial score (nSPS) is 13.0. The quantitative estimate of drug-likeness (QED) is 0.142. The molecule has 0 saturated heterocycles. The van der Waals surface area contributed by atoms with Gasteiger partial charge in [-0.3, -0.25) is 0 Å². The topological polar surface area (TPSA) is 34.8 Å². The SMILES string of the molecule is c1ccc(-c2cccc(-c3ccccc3)c2N2c3ccccc3B3c4cc5c(cc4Oc4cc(-n6c7ccccc7c7ccccc76)cc2c43)Oc2cc(-n3c4ccccc4c4ccccc43)cc3c2B5c2ccccc2N3c2c(-c3ccccc3)cccc2-c2ccccc2)cc1. The molecule has 0 radical (unpaired) electrons. The lowest BCUT2D eigenvalue weighted by Crippen LogP contribution is -2.63. The van der Waals surface area contributed by atoms with E-state index in [9.17, 15) is 0 Å². The lowest BCUT2D eigenvalue weighted by atomic mass is 9.31. The molecule has 0 saturated carbocycles. The second kappa shape index (κ2) is 21.4. The number of nitrogens with zero attached hydrogens (tertiary/aromatic N) is 4. The van der Waals surface area contributed by atoms with Gasteiger partial charge < -0.3 is 28.4 Å². The van der Waals surface area contributed by atoms with Crippen LogP contribution in [0.25, 0.3) is 99.5 Å². The van der Waals surface area contributed by atoms with Crippen molar-refractivity contribution in [2.75, 3.05) is 9.80 Å². The summed E-state index contributed by atoms with van der Waals surface area (Å²) in [5, 5.41) is 4.78. The molecule has 6 heterocycles. The Kier molecular flexibility index (Phi) is 11.9. The third-order valence-electron chi connectivity index (χ3n) is 21.0. The highest BCUT2D eigenvalue weighted by Crippen LogP contribution is 2.53. The fraction of sp³-hybridized carbons (Fsp3) is 0. The van der Waals surface area contributed by atoms with Gasteiger partial charge in [0.15, 0.2) is 0 Å². The highest BCUT2D eigenvalue weighted by molar-refractivity contribution is 7.02. The number of anilines is 6. The van der Waals surface area contributed by atoms with Crippen LogP contribution in [0.3, 0.4) is 0 Å². The Morgan fingerprint density at radius 3 is 0.878 bits per heavy atom. The van der Waals surface area contributed by atoms with Crippen LogP contribution in [0.1, 0.15) is 0 Å². The lowest BCUT2D eigenvalue weighted by molar-refractivity contribution is 0.465. The van der Waals surface area contributed by atoms with Crippen LogP contribution >= 0.6 is 0 Å². The van der Waals surface area contributed by atoms with Gasteiger partial charge in [0.25, 0.3) is 13.4 Å². The molecule has 4 aliphatic rings. The molecule has 0 amide bonds. The van der Waals surface area contributed by atoms with Crippen LogP contribution in [-0.4, -0.2) is 22.6 Å². The van der Waals surface area contributed by atoms with E-state index in [-0.39, 0.29) is 13.4 Å². The Bertz CT molecular complexity index is 5570. The van der Waals surface area contributed by atoms with E-state index in [1.807, 2.05) is 0 Å². The van der Waals surface area contributed by atoms with E-state index in [0.717, 1.165) is 157 Å². The van der Waals surface area contributed by atoms with E-state index in [1.54, 1.807) is 0 Å². The van der Waals surface area contributed by atoms with Gasteiger partial charge in [-0.1, -0.05) is 273 Å². The van der Waals surface area contributed by atoms with Gasteiger partial charge in [0, 0.05) is 84.7 Å².